The molecule has 1 aliphatic rings. The summed E-state index contributed by atoms with van der Waals surface area (Å²) in [5.74, 6) is 0.558. The highest BCUT2D eigenvalue weighted by Gasteiger charge is 2.20. The summed E-state index contributed by atoms with van der Waals surface area (Å²) in [6, 6.07) is 6.47. The van der Waals surface area contributed by atoms with Gasteiger partial charge in [-0.3, -0.25) is 0 Å². The summed E-state index contributed by atoms with van der Waals surface area (Å²) in [5, 5.41) is 0. The van der Waals surface area contributed by atoms with Crippen molar-refractivity contribution < 1.29 is 4.74 Å². The molecule has 0 saturated heterocycles. The van der Waals surface area contributed by atoms with Gasteiger partial charge in [0.25, 0.3) is 0 Å². The van der Waals surface area contributed by atoms with E-state index in [2.05, 4.69) is 44.2 Å². The normalized spacial score (nSPS) is 19.0. The molecule has 74 valence electrons. The first-order chi connectivity index (χ1) is 6.74. The smallest absolute Gasteiger partial charge is 0.101 e. The number of fused-ring (bicyclic) bond motifs is 1. The van der Waals surface area contributed by atoms with Gasteiger partial charge in [0.2, 0.25) is 0 Å². The first-order valence-electron chi connectivity index (χ1n) is 5.08. The van der Waals surface area contributed by atoms with Crippen LogP contribution in [-0.2, 0) is 4.74 Å². The van der Waals surface area contributed by atoms with E-state index >= 15 is 0 Å². The Morgan fingerprint density at radius 2 is 2.07 bits per heavy atom. The van der Waals surface area contributed by atoms with Crippen LogP contribution in [0.25, 0.3) is 6.08 Å². The average Bonchev–Trinajstić information content (AvgIpc) is 2.59. The first kappa shape index (κ1) is 9.47. The van der Waals surface area contributed by atoms with Crippen molar-refractivity contribution in [1.29, 1.82) is 0 Å². The number of hydrogen-bond acceptors (Lipinski definition) is 1. The van der Waals surface area contributed by atoms with Crippen LogP contribution in [-0.4, -0.2) is 7.11 Å². The molecule has 0 fully saturated rings. The molecule has 1 aromatic carbocycles. The van der Waals surface area contributed by atoms with Gasteiger partial charge in [-0.15, -0.1) is 0 Å². The minimum Gasteiger partial charge on any atom is -0.373 e. The molecular weight excluding hydrogens is 172 g/mol. The minimum absolute atomic E-state index is 0.156. The van der Waals surface area contributed by atoms with E-state index in [-0.39, 0.29) is 6.10 Å². The second kappa shape index (κ2) is 3.58. The van der Waals surface area contributed by atoms with E-state index < -0.39 is 0 Å². The van der Waals surface area contributed by atoms with Crippen molar-refractivity contribution in [2.24, 2.45) is 0 Å². The molecular formula is C13H16O. The lowest BCUT2D eigenvalue weighted by Gasteiger charge is -2.16. The fourth-order valence-corrected chi connectivity index (χ4v) is 2.06. The number of rotatable bonds is 2. The predicted octanol–water partition coefficient (Wildman–Crippen LogP) is 3.52. The largest absolute Gasteiger partial charge is 0.373 e. The zero-order valence-electron chi connectivity index (χ0n) is 8.95. The Bertz CT molecular complexity index is 363. The van der Waals surface area contributed by atoms with Crippen molar-refractivity contribution >= 4 is 6.08 Å². The monoisotopic (exact) mass is 188 g/mol. The van der Waals surface area contributed by atoms with E-state index in [4.69, 9.17) is 4.74 Å². The van der Waals surface area contributed by atoms with Crippen LogP contribution in [0.1, 0.15) is 42.6 Å². The van der Waals surface area contributed by atoms with Gasteiger partial charge in [-0.05, 0) is 22.6 Å². The SMILES string of the molecule is COC1C=Cc2cccc(C(C)C)c21. The minimum atomic E-state index is 0.156. The highest BCUT2D eigenvalue weighted by molar-refractivity contribution is 5.64. The van der Waals surface area contributed by atoms with Crippen LogP contribution in [0, 0.1) is 0 Å². The lowest BCUT2D eigenvalue weighted by molar-refractivity contribution is 0.144. The van der Waals surface area contributed by atoms with Crippen LogP contribution >= 0.6 is 0 Å². The molecule has 2 rings (SSSR count). The zero-order valence-corrected chi connectivity index (χ0v) is 8.95. The Kier molecular flexibility index (Phi) is 2.42. The quantitative estimate of drug-likeness (QED) is 0.690. The van der Waals surface area contributed by atoms with Crippen molar-refractivity contribution in [3.63, 3.8) is 0 Å². The molecule has 0 N–H and O–H groups in total. The number of ether oxygens (including phenoxy) is 1. The van der Waals surface area contributed by atoms with Crippen molar-refractivity contribution in [3.8, 4) is 0 Å². The Balaban J connectivity index is 2.52. The molecule has 0 radical (unpaired) electrons. The van der Waals surface area contributed by atoms with Crippen molar-refractivity contribution in [2.45, 2.75) is 25.9 Å². The molecule has 14 heavy (non-hydrogen) atoms. The standard InChI is InChI=1S/C13H16O/c1-9(2)11-6-4-5-10-7-8-12(14-3)13(10)11/h4-9,12H,1-3H3. The van der Waals surface area contributed by atoms with E-state index in [0.717, 1.165) is 0 Å². The van der Waals surface area contributed by atoms with E-state index in [1.807, 2.05) is 0 Å². The molecule has 0 heterocycles. The van der Waals surface area contributed by atoms with Crippen LogP contribution in [0.4, 0.5) is 0 Å². The van der Waals surface area contributed by atoms with Crippen molar-refractivity contribution in [3.05, 3.63) is 41.0 Å². The summed E-state index contributed by atoms with van der Waals surface area (Å²) in [4.78, 5) is 0. The van der Waals surface area contributed by atoms with Crippen LogP contribution in [0.15, 0.2) is 24.3 Å². The molecule has 0 bridgehead atoms. The lowest BCUT2D eigenvalue weighted by Crippen LogP contribution is -2.02. The Labute approximate surface area is 85.4 Å². The van der Waals surface area contributed by atoms with Gasteiger partial charge in [0, 0.05) is 7.11 Å². The summed E-state index contributed by atoms with van der Waals surface area (Å²) in [6.07, 6.45) is 4.43. The lowest BCUT2D eigenvalue weighted by atomic mass is 9.93. The van der Waals surface area contributed by atoms with E-state index in [1.54, 1.807) is 7.11 Å². The fraction of sp³-hybridized carbons (Fsp3) is 0.385. The molecule has 0 amide bonds. The second-order valence-electron chi connectivity index (χ2n) is 4.02. The maximum absolute atomic E-state index is 5.44. The summed E-state index contributed by atoms with van der Waals surface area (Å²) >= 11 is 0. The van der Waals surface area contributed by atoms with Crippen LogP contribution in [0.3, 0.4) is 0 Å². The van der Waals surface area contributed by atoms with Crippen molar-refractivity contribution in [1.82, 2.24) is 0 Å². The van der Waals surface area contributed by atoms with Crippen LogP contribution in [0.5, 0.6) is 0 Å². The summed E-state index contributed by atoms with van der Waals surface area (Å²) < 4.78 is 5.44. The van der Waals surface area contributed by atoms with Gasteiger partial charge < -0.3 is 4.74 Å². The number of hydrogen-bond donors (Lipinski definition) is 0. The van der Waals surface area contributed by atoms with E-state index in [9.17, 15) is 0 Å². The maximum atomic E-state index is 5.44. The third-order valence-electron chi connectivity index (χ3n) is 2.78. The third-order valence-corrected chi connectivity index (χ3v) is 2.78. The molecule has 1 aliphatic carbocycles. The zero-order chi connectivity index (χ0) is 10.1. The molecule has 1 unspecified atom stereocenters. The highest BCUT2D eigenvalue weighted by atomic mass is 16.5. The van der Waals surface area contributed by atoms with Gasteiger partial charge >= 0.3 is 0 Å². The summed E-state index contributed by atoms with van der Waals surface area (Å²) in [5.41, 5.74) is 4.06. The molecule has 0 saturated carbocycles. The molecule has 0 aliphatic heterocycles. The van der Waals surface area contributed by atoms with Gasteiger partial charge in [-0.2, -0.15) is 0 Å². The summed E-state index contributed by atoms with van der Waals surface area (Å²) in [6.45, 7) is 4.45. The third kappa shape index (κ3) is 1.38. The van der Waals surface area contributed by atoms with E-state index in [1.165, 1.54) is 16.7 Å². The molecule has 1 atom stereocenters. The first-order valence-corrected chi connectivity index (χ1v) is 5.08. The van der Waals surface area contributed by atoms with Gasteiger partial charge in [-0.25, -0.2) is 0 Å². The average molecular weight is 188 g/mol. The second-order valence-corrected chi connectivity index (χ2v) is 4.02. The van der Waals surface area contributed by atoms with E-state index in [0.29, 0.717) is 5.92 Å². The van der Waals surface area contributed by atoms with Crippen LogP contribution < -0.4 is 0 Å². The topological polar surface area (TPSA) is 9.23 Å². The maximum Gasteiger partial charge on any atom is 0.101 e. The molecule has 1 aromatic rings. The predicted molar refractivity (Wildman–Crippen MR) is 59.3 cm³/mol. The van der Waals surface area contributed by atoms with Gasteiger partial charge in [0.15, 0.2) is 0 Å². The number of methoxy groups -OCH3 is 1. The molecule has 1 heteroatoms. The summed E-state index contributed by atoms with van der Waals surface area (Å²) in [7, 11) is 1.77. The Morgan fingerprint density at radius 1 is 1.29 bits per heavy atom. The molecule has 1 nitrogen and oxygen atoms in total. The Morgan fingerprint density at radius 3 is 2.71 bits per heavy atom. The Hall–Kier alpha value is -1.08. The van der Waals surface area contributed by atoms with Crippen molar-refractivity contribution in [2.75, 3.05) is 7.11 Å². The molecule has 0 spiro atoms. The fourth-order valence-electron chi connectivity index (χ4n) is 2.06. The van der Waals surface area contributed by atoms with Gasteiger partial charge in [0.1, 0.15) is 6.10 Å². The van der Waals surface area contributed by atoms with Gasteiger partial charge in [-0.1, -0.05) is 44.2 Å². The highest BCUT2D eigenvalue weighted by Crippen LogP contribution is 2.36. The van der Waals surface area contributed by atoms with Gasteiger partial charge in [0.05, 0.1) is 0 Å². The molecule has 0 aromatic heterocycles. The number of benzene rings is 1. The van der Waals surface area contributed by atoms with Crippen LogP contribution in [0.2, 0.25) is 0 Å².